The first-order chi connectivity index (χ1) is 8.69. The highest BCUT2D eigenvalue weighted by atomic mass is 19.1. The minimum atomic E-state index is -0.224. The molecule has 0 heterocycles. The van der Waals surface area contributed by atoms with Gasteiger partial charge in [-0.05, 0) is 48.4 Å². The maximum Gasteiger partial charge on any atom is 0.123 e. The Morgan fingerprint density at radius 3 is 2.22 bits per heavy atom. The molecule has 0 saturated carbocycles. The second-order valence-corrected chi connectivity index (χ2v) is 4.20. The van der Waals surface area contributed by atoms with Gasteiger partial charge in [0.05, 0.1) is 6.04 Å². The number of hydrogen-bond donors (Lipinski definition) is 2. The summed E-state index contributed by atoms with van der Waals surface area (Å²) < 4.78 is 12.9. The van der Waals surface area contributed by atoms with Gasteiger partial charge in [0, 0.05) is 5.69 Å². The minimum Gasteiger partial charge on any atom is -0.508 e. The van der Waals surface area contributed by atoms with Crippen LogP contribution in [0.4, 0.5) is 10.1 Å². The van der Waals surface area contributed by atoms with E-state index in [1.807, 2.05) is 12.1 Å². The zero-order valence-electron chi connectivity index (χ0n) is 10.2. The van der Waals surface area contributed by atoms with Gasteiger partial charge in [-0.3, -0.25) is 0 Å². The molecule has 94 valence electrons. The SMILES string of the molecule is CCC(Nc1ccc(O)cc1)c1ccc(F)cc1. The van der Waals surface area contributed by atoms with E-state index in [0.717, 1.165) is 17.7 Å². The number of benzene rings is 2. The first kappa shape index (κ1) is 12.4. The third-order valence-electron chi connectivity index (χ3n) is 2.89. The molecule has 2 N–H and O–H groups in total. The fourth-order valence-electron chi connectivity index (χ4n) is 1.88. The first-order valence-electron chi connectivity index (χ1n) is 6.00. The molecule has 2 nitrogen and oxygen atoms in total. The van der Waals surface area contributed by atoms with Crippen molar-refractivity contribution >= 4 is 5.69 Å². The maximum atomic E-state index is 12.9. The predicted octanol–water partition coefficient (Wildman–Crippen LogP) is 4.09. The highest BCUT2D eigenvalue weighted by Crippen LogP contribution is 2.23. The second kappa shape index (κ2) is 5.54. The van der Waals surface area contributed by atoms with Gasteiger partial charge in [-0.15, -0.1) is 0 Å². The van der Waals surface area contributed by atoms with Crippen LogP contribution in [0.2, 0.25) is 0 Å². The van der Waals surface area contributed by atoms with E-state index in [0.29, 0.717) is 0 Å². The van der Waals surface area contributed by atoms with E-state index < -0.39 is 0 Å². The van der Waals surface area contributed by atoms with Crippen LogP contribution in [0.25, 0.3) is 0 Å². The molecular formula is C15H16FNO. The van der Waals surface area contributed by atoms with Crippen molar-refractivity contribution in [1.82, 2.24) is 0 Å². The molecule has 0 aliphatic carbocycles. The number of aromatic hydroxyl groups is 1. The third-order valence-corrected chi connectivity index (χ3v) is 2.89. The molecule has 1 atom stereocenters. The highest BCUT2D eigenvalue weighted by molar-refractivity contribution is 5.48. The van der Waals surface area contributed by atoms with Crippen molar-refractivity contribution in [2.45, 2.75) is 19.4 Å². The minimum absolute atomic E-state index is 0.134. The van der Waals surface area contributed by atoms with Gasteiger partial charge in [-0.2, -0.15) is 0 Å². The van der Waals surface area contributed by atoms with Crippen LogP contribution < -0.4 is 5.32 Å². The fraction of sp³-hybridized carbons (Fsp3) is 0.200. The second-order valence-electron chi connectivity index (χ2n) is 4.20. The van der Waals surface area contributed by atoms with Crippen LogP contribution in [0.15, 0.2) is 48.5 Å². The van der Waals surface area contributed by atoms with Crippen LogP contribution in [0.3, 0.4) is 0 Å². The zero-order chi connectivity index (χ0) is 13.0. The highest BCUT2D eigenvalue weighted by Gasteiger charge is 2.08. The van der Waals surface area contributed by atoms with E-state index in [2.05, 4.69) is 12.2 Å². The van der Waals surface area contributed by atoms with Crippen LogP contribution in [0.5, 0.6) is 5.75 Å². The molecule has 0 fully saturated rings. The molecule has 0 spiro atoms. The topological polar surface area (TPSA) is 32.3 Å². The monoisotopic (exact) mass is 245 g/mol. The number of nitrogens with one attached hydrogen (secondary N) is 1. The Balaban J connectivity index is 2.14. The van der Waals surface area contributed by atoms with Gasteiger partial charge in [-0.25, -0.2) is 4.39 Å². The number of rotatable bonds is 4. The molecule has 0 aliphatic heterocycles. The Morgan fingerprint density at radius 2 is 1.67 bits per heavy atom. The third kappa shape index (κ3) is 3.00. The van der Waals surface area contributed by atoms with Crippen molar-refractivity contribution in [3.63, 3.8) is 0 Å². The summed E-state index contributed by atoms with van der Waals surface area (Å²) in [5, 5.41) is 12.6. The number of phenolic OH excluding ortho intramolecular Hbond substituents is 1. The average molecular weight is 245 g/mol. The van der Waals surface area contributed by atoms with Crippen LogP contribution in [0.1, 0.15) is 24.9 Å². The molecule has 0 radical (unpaired) electrons. The van der Waals surface area contributed by atoms with Gasteiger partial charge in [-0.1, -0.05) is 19.1 Å². The summed E-state index contributed by atoms with van der Waals surface area (Å²) in [5.74, 6) is 0.0219. The van der Waals surface area contributed by atoms with Crippen molar-refractivity contribution in [1.29, 1.82) is 0 Å². The number of phenols is 1. The van der Waals surface area contributed by atoms with Crippen molar-refractivity contribution < 1.29 is 9.50 Å². The van der Waals surface area contributed by atoms with Crippen LogP contribution >= 0.6 is 0 Å². The van der Waals surface area contributed by atoms with Gasteiger partial charge in [0.2, 0.25) is 0 Å². The quantitative estimate of drug-likeness (QED) is 0.795. The Morgan fingerprint density at radius 1 is 1.06 bits per heavy atom. The lowest BCUT2D eigenvalue weighted by molar-refractivity contribution is 0.475. The van der Waals surface area contributed by atoms with Crippen molar-refractivity contribution in [3.8, 4) is 5.75 Å². The summed E-state index contributed by atoms with van der Waals surface area (Å²) in [5.41, 5.74) is 1.98. The van der Waals surface area contributed by atoms with E-state index in [9.17, 15) is 9.50 Å². The van der Waals surface area contributed by atoms with E-state index >= 15 is 0 Å². The first-order valence-corrected chi connectivity index (χ1v) is 6.00. The normalized spacial score (nSPS) is 12.1. The van der Waals surface area contributed by atoms with Crippen molar-refractivity contribution in [2.24, 2.45) is 0 Å². The van der Waals surface area contributed by atoms with Gasteiger partial charge in [0.15, 0.2) is 0 Å². The van der Waals surface area contributed by atoms with E-state index in [1.54, 1.807) is 24.3 Å². The van der Waals surface area contributed by atoms with Crippen LogP contribution in [-0.4, -0.2) is 5.11 Å². The number of halogens is 1. The molecule has 3 heteroatoms. The molecule has 0 amide bonds. The summed E-state index contributed by atoms with van der Waals surface area (Å²) in [4.78, 5) is 0. The summed E-state index contributed by atoms with van der Waals surface area (Å²) in [7, 11) is 0. The van der Waals surface area contributed by atoms with E-state index in [4.69, 9.17) is 0 Å². The molecular weight excluding hydrogens is 229 g/mol. The summed E-state index contributed by atoms with van der Waals surface area (Å²) in [6, 6.07) is 13.6. The lowest BCUT2D eigenvalue weighted by atomic mass is 10.0. The van der Waals surface area contributed by atoms with Gasteiger partial charge in [0.25, 0.3) is 0 Å². The number of hydrogen-bond acceptors (Lipinski definition) is 2. The van der Waals surface area contributed by atoms with Crippen molar-refractivity contribution in [3.05, 3.63) is 59.9 Å². The van der Waals surface area contributed by atoms with E-state index in [1.165, 1.54) is 12.1 Å². The van der Waals surface area contributed by atoms with Crippen molar-refractivity contribution in [2.75, 3.05) is 5.32 Å². The lowest BCUT2D eigenvalue weighted by Crippen LogP contribution is -2.09. The molecule has 0 saturated heterocycles. The molecule has 0 aromatic heterocycles. The fourth-order valence-corrected chi connectivity index (χ4v) is 1.88. The zero-order valence-corrected chi connectivity index (χ0v) is 10.2. The molecule has 2 rings (SSSR count). The summed E-state index contributed by atoms with van der Waals surface area (Å²) in [6.45, 7) is 2.07. The predicted molar refractivity (Wildman–Crippen MR) is 71.2 cm³/mol. The van der Waals surface area contributed by atoms with Gasteiger partial charge in [0.1, 0.15) is 11.6 Å². The molecule has 0 aliphatic rings. The smallest absolute Gasteiger partial charge is 0.123 e. The molecule has 2 aromatic carbocycles. The Labute approximate surface area is 106 Å². The number of anilines is 1. The Hall–Kier alpha value is -2.03. The van der Waals surface area contributed by atoms with Gasteiger partial charge >= 0.3 is 0 Å². The largest absolute Gasteiger partial charge is 0.508 e. The summed E-state index contributed by atoms with van der Waals surface area (Å²) >= 11 is 0. The standard InChI is InChI=1S/C15H16FNO/c1-2-15(11-3-5-12(16)6-4-11)17-13-7-9-14(18)10-8-13/h3-10,15,17-18H,2H2,1H3. The van der Waals surface area contributed by atoms with Crippen LogP contribution in [0, 0.1) is 5.82 Å². The molecule has 0 bridgehead atoms. The maximum absolute atomic E-state index is 12.9. The molecule has 1 unspecified atom stereocenters. The van der Waals surface area contributed by atoms with Gasteiger partial charge < -0.3 is 10.4 Å². The van der Waals surface area contributed by atoms with E-state index in [-0.39, 0.29) is 17.6 Å². The molecule has 2 aromatic rings. The Kier molecular flexibility index (Phi) is 3.82. The Bertz CT molecular complexity index is 493. The van der Waals surface area contributed by atoms with Crippen LogP contribution in [-0.2, 0) is 0 Å². The lowest BCUT2D eigenvalue weighted by Gasteiger charge is -2.18. The molecule has 18 heavy (non-hydrogen) atoms. The average Bonchev–Trinajstić information content (AvgIpc) is 2.39. The summed E-state index contributed by atoms with van der Waals surface area (Å²) in [6.07, 6.45) is 0.895.